The van der Waals surface area contributed by atoms with Crippen LogP contribution in [-0.2, 0) is 4.79 Å². The number of aromatic nitrogens is 2. The lowest BCUT2D eigenvalue weighted by atomic mass is 10.1. The van der Waals surface area contributed by atoms with Crippen LogP contribution in [0, 0.1) is 6.92 Å². The third-order valence-electron chi connectivity index (χ3n) is 4.66. The van der Waals surface area contributed by atoms with Crippen LogP contribution >= 0.6 is 11.6 Å². The molecule has 30 heavy (non-hydrogen) atoms. The predicted octanol–water partition coefficient (Wildman–Crippen LogP) is 3.54. The number of halogens is 1. The minimum absolute atomic E-state index is 0.0293. The summed E-state index contributed by atoms with van der Waals surface area (Å²) >= 11 is 6.23. The number of nitrogen functional groups attached to an aromatic ring is 1. The van der Waals surface area contributed by atoms with E-state index in [9.17, 15) is 4.79 Å². The maximum Gasteiger partial charge on any atom is 0.262 e. The summed E-state index contributed by atoms with van der Waals surface area (Å²) in [6.45, 7) is 3.22. The maximum absolute atomic E-state index is 11.3. The molecular weight excluding hydrogens is 404 g/mol. The molecule has 1 aliphatic heterocycles. The van der Waals surface area contributed by atoms with Crippen LogP contribution < -0.4 is 26.4 Å². The van der Waals surface area contributed by atoms with E-state index in [0.29, 0.717) is 41.1 Å². The van der Waals surface area contributed by atoms with Crippen LogP contribution in [0.1, 0.15) is 5.56 Å². The average molecular weight is 425 g/mol. The molecule has 0 aliphatic carbocycles. The largest absolute Gasteiger partial charge is 0.482 e. The van der Waals surface area contributed by atoms with Crippen molar-refractivity contribution in [2.24, 2.45) is 0 Å². The molecule has 0 unspecified atom stereocenters. The van der Waals surface area contributed by atoms with Crippen molar-refractivity contribution in [1.29, 1.82) is 0 Å². The van der Waals surface area contributed by atoms with Gasteiger partial charge in [-0.25, -0.2) is 4.98 Å². The Morgan fingerprint density at radius 2 is 2.00 bits per heavy atom. The third-order valence-corrected chi connectivity index (χ3v) is 5.07. The van der Waals surface area contributed by atoms with Crippen LogP contribution in [0.5, 0.6) is 5.75 Å². The van der Waals surface area contributed by atoms with Crippen LogP contribution in [-0.4, -0.2) is 35.6 Å². The molecule has 1 aliphatic rings. The number of nitrogens with one attached hydrogen (secondary N) is 3. The molecule has 1 amide bonds. The van der Waals surface area contributed by atoms with Crippen LogP contribution in [0.15, 0.2) is 42.5 Å². The highest BCUT2D eigenvalue weighted by Crippen LogP contribution is 2.31. The summed E-state index contributed by atoms with van der Waals surface area (Å²) in [6, 6.07) is 13.1. The summed E-state index contributed by atoms with van der Waals surface area (Å²) in [4.78, 5) is 19.9. The van der Waals surface area contributed by atoms with Gasteiger partial charge in [0.2, 0.25) is 5.95 Å². The average Bonchev–Trinajstić information content (AvgIpc) is 2.73. The van der Waals surface area contributed by atoms with E-state index in [1.54, 1.807) is 0 Å². The number of nitrogens with two attached hydrogens (primary N) is 1. The number of carbonyl (C=O) groups is 1. The van der Waals surface area contributed by atoms with Crippen molar-refractivity contribution in [2.45, 2.75) is 6.92 Å². The number of ether oxygens (including phenoxy) is 1. The number of amides is 1. The number of carbonyl (C=O) groups excluding carboxylic acids is 1. The van der Waals surface area contributed by atoms with Gasteiger partial charge in [0.15, 0.2) is 6.61 Å². The summed E-state index contributed by atoms with van der Waals surface area (Å²) in [7, 11) is 0. The molecule has 4 rings (SSSR count). The number of hydrogen-bond donors (Lipinski definition) is 4. The molecule has 5 N–H and O–H groups in total. The molecule has 3 aromatic rings. The molecule has 1 aromatic heterocycles. The second-order valence-electron chi connectivity index (χ2n) is 6.81. The second kappa shape index (κ2) is 8.46. The second-order valence-corrected chi connectivity index (χ2v) is 7.22. The highest BCUT2D eigenvalue weighted by atomic mass is 35.5. The number of hydrogen-bond acceptors (Lipinski definition) is 7. The van der Waals surface area contributed by atoms with Gasteiger partial charge >= 0.3 is 0 Å². The Balaban J connectivity index is 1.38. The molecule has 0 radical (unpaired) electrons. The monoisotopic (exact) mass is 424 g/mol. The molecule has 8 nitrogen and oxygen atoms in total. The van der Waals surface area contributed by atoms with Crippen molar-refractivity contribution in [1.82, 2.24) is 9.97 Å². The van der Waals surface area contributed by atoms with Crippen molar-refractivity contribution < 1.29 is 9.53 Å². The number of benzene rings is 2. The van der Waals surface area contributed by atoms with Gasteiger partial charge in [0, 0.05) is 41.5 Å². The Morgan fingerprint density at radius 3 is 2.87 bits per heavy atom. The number of fused-ring (bicyclic) bond motifs is 1. The molecule has 0 atom stereocenters. The molecule has 0 spiro atoms. The van der Waals surface area contributed by atoms with Gasteiger partial charge in [0.05, 0.1) is 11.4 Å². The Hall–Kier alpha value is -3.52. The quantitative estimate of drug-likeness (QED) is 0.447. The standard InChI is InChI=1S/C21H21ClN6O2/c1-12-14(3-2-4-15(12)22)17-10-19(28-21(23)27-17)25-8-7-24-13-5-6-16-18(9-13)30-11-20(29)26-16/h2-6,9-10,24H,7-8,11H2,1H3,(H,26,29)(H3,23,25,27,28). The molecule has 0 saturated heterocycles. The molecule has 0 fully saturated rings. The lowest BCUT2D eigenvalue weighted by Crippen LogP contribution is -2.25. The summed E-state index contributed by atoms with van der Waals surface area (Å²) in [5.41, 5.74) is 10.0. The SMILES string of the molecule is Cc1c(Cl)cccc1-c1cc(NCCNc2ccc3c(c2)OCC(=O)N3)nc(N)n1. The minimum atomic E-state index is -0.149. The lowest BCUT2D eigenvalue weighted by Gasteiger charge is -2.19. The van der Waals surface area contributed by atoms with Gasteiger partial charge in [-0.3, -0.25) is 4.79 Å². The van der Waals surface area contributed by atoms with E-state index < -0.39 is 0 Å². The zero-order valence-electron chi connectivity index (χ0n) is 16.3. The van der Waals surface area contributed by atoms with Crippen molar-refractivity contribution in [3.63, 3.8) is 0 Å². The normalized spacial score (nSPS) is 12.5. The molecule has 2 heterocycles. The number of rotatable bonds is 6. The van der Waals surface area contributed by atoms with E-state index in [1.807, 2.05) is 49.4 Å². The Kier molecular flexibility index (Phi) is 5.58. The minimum Gasteiger partial charge on any atom is -0.482 e. The lowest BCUT2D eigenvalue weighted by molar-refractivity contribution is -0.118. The van der Waals surface area contributed by atoms with Gasteiger partial charge in [-0.05, 0) is 30.7 Å². The van der Waals surface area contributed by atoms with Gasteiger partial charge in [-0.15, -0.1) is 0 Å². The Labute approximate surface area is 178 Å². The van der Waals surface area contributed by atoms with Crippen LogP contribution in [0.2, 0.25) is 5.02 Å². The first-order chi connectivity index (χ1) is 14.5. The first-order valence-electron chi connectivity index (χ1n) is 9.44. The van der Waals surface area contributed by atoms with E-state index in [1.165, 1.54) is 0 Å². The first kappa shape index (κ1) is 19.8. The van der Waals surface area contributed by atoms with Gasteiger partial charge < -0.3 is 26.4 Å². The van der Waals surface area contributed by atoms with E-state index >= 15 is 0 Å². The molecular formula is C21H21ClN6O2. The highest BCUT2D eigenvalue weighted by Gasteiger charge is 2.15. The smallest absolute Gasteiger partial charge is 0.262 e. The molecule has 154 valence electrons. The summed E-state index contributed by atoms with van der Waals surface area (Å²) < 4.78 is 5.43. The van der Waals surface area contributed by atoms with Crippen molar-refractivity contribution >= 4 is 40.6 Å². The van der Waals surface area contributed by atoms with Crippen LogP contribution in [0.3, 0.4) is 0 Å². The summed E-state index contributed by atoms with van der Waals surface area (Å²) in [5.74, 6) is 1.33. The van der Waals surface area contributed by atoms with Crippen LogP contribution in [0.25, 0.3) is 11.3 Å². The Morgan fingerprint density at radius 1 is 1.17 bits per heavy atom. The molecule has 0 bridgehead atoms. The topological polar surface area (TPSA) is 114 Å². The van der Waals surface area contributed by atoms with E-state index in [-0.39, 0.29) is 18.5 Å². The fourth-order valence-electron chi connectivity index (χ4n) is 3.16. The van der Waals surface area contributed by atoms with E-state index in [2.05, 4.69) is 25.9 Å². The molecule has 9 heteroatoms. The summed E-state index contributed by atoms with van der Waals surface area (Å²) in [6.07, 6.45) is 0. The zero-order chi connectivity index (χ0) is 21.1. The molecule has 2 aromatic carbocycles. The van der Waals surface area contributed by atoms with Gasteiger partial charge in [-0.2, -0.15) is 4.98 Å². The van der Waals surface area contributed by atoms with Crippen molar-refractivity contribution in [2.75, 3.05) is 41.4 Å². The fourth-order valence-corrected chi connectivity index (χ4v) is 3.34. The van der Waals surface area contributed by atoms with Crippen molar-refractivity contribution in [3.8, 4) is 17.0 Å². The zero-order valence-corrected chi connectivity index (χ0v) is 17.1. The van der Waals surface area contributed by atoms with Gasteiger partial charge in [-0.1, -0.05) is 23.7 Å². The maximum atomic E-state index is 11.3. The molecule has 0 saturated carbocycles. The first-order valence-corrected chi connectivity index (χ1v) is 9.82. The van der Waals surface area contributed by atoms with Crippen LogP contribution in [0.4, 0.5) is 23.1 Å². The number of anilines is 4. The van der Waals surface area contributed by atoms with Crippen molar-refractivity contribution in [3.05, 3.63) is 53.1 Å². The predicted molar refractivity (Wildman–Crippen MR) is 119 cm³/mol. The highest BCUT2D eigenvalue weighted by molar-refractivity contribution is 6.31. The Bertz CT molecular complexity index is 1100. The van der Waals surface area contributed by atoms with Gasteiger partial charge in [0.25, 0.3) is 5.91 Å². The van der Waals surface area contributed by atoms with Gasteiger partial charge in [0.1, 0.15) is 11.6 Å². The summed E-state index contributed by atoms with van der Waals surface area (Å²) in [5, 5.41) is 10.0. The number of nitrogens with zero attached hydrogens (tertiary/aromatic N) is 2. The fraction of sp³-hybridized carbons (Fsp3) is 0.190. The third kappa shape index (κ3) is 4.38. The van der Waals surface area contributed by atoms with E-state index in [4.69, 9.17) is 22.1 Å². The van der Waals surface area contributed by atoms with E-state index in [0.717, 1.165) is 16.8 Å².